The monoisotopic (exact) mass is 491 g/mol. The maximum atomic E-state index is 13.5. The highest BCUT2D eigenvalue weighted by molar-refractivity contribution is 7.52. The molecule has 1 aromatic carbocycles. The molecule has 0 spiro atoms. The lowest BCUT2D eigenvalue weighted by Gasteiger charge is -2.24. The fraction of sp³-hybridized carbons (Fsp3) is 0.381. The number of aliphatic hydroxyl groups is 1. The summed E-state index contributed by atoms with van der Waals surface area (Å²) in [6, 6.07) is 9.17. The number of nitrogens with one attached hydrogen (secondary N) is 1. The van der Waals surface area contributed by atoms with Crippen LogP contribution < -0.4 is 15.3 Å². The number of para-hydroxylation sites is 1. The molecule has 0 saturated carbocycles. The minimum Gasteiger partial charge on any atom is -0.468 e. The number of nitrogen functional groups attached to an aromatic ring is 1. The molecule has 5 atom stereocenters. The standard InChI is InChI=1S/C21H26N5O7P/c1-13(21(28)30-2)25-34(29,33-14-6-4-3-5-7-14)31-11-17-16(27)10-18(32-17)26-9-8-15-19(22)23-12-24-20(15)26/h3-9,12-13,16-18,27H,10-11H2,1-2H3,(H,25,29)(H2,22,23,24)/t13-,16-,17+,18+,34?/m0/s1. The Hall–Kier alpha value is -3.02. The largest absolute Gasteiger partial charge is 0.468 e. The van der Waals surface area contributed by atoms with E-state index in [2.05, 4.69) is 19.8 Å². The number of fused-ring (bicyclic) bond motifs is 1. The topological polar surface area (TPSA) is 160 Å². The lowest BCUT2D eigenvalue weighted by molar-refractivity contribution is -0.142. The minimum atomic E-state index is -4.05. The zero-order valence-corrected chi connectivity index (χ0v) is 19.5. The SMILES string of the molecule is COC(=O)[C@H](C)NP(=O)(OC[C@H]1O[C@@H](n2ccc3c(N)ncnc32)C[C@@H]1O)Oc1ccccc1. The number of carbonyl (C=O) groups excluding carboxylic acids is 1. The lowest BCUT2D eigenvalue weighted by Crippen LogP contribution is -2.36. The molecular formula is C21H26N5O7P. The third-order valence-corrected chi connectivity index (χ3v) is 6.98. The molecule has 0 amide bonds. The van der Waals surface area contributed by atoms with Crippen molar-refractivity contribution in [1.82, 2.24) is 19.6 Å². The van der Waals surface area contributed by atoms with Gasteiger partial charge in [-0.15, -0.1) is 0 Å². The number of nitrogens with zero attached hydrogens (tertiary/aromatic N) is 3. The number of rotatable bonds is 9. The molecule has 12 nitrogen and oxygen atoms in total. The Balaban J connectivity index is 1.47. The number of aliphatic hydroxyl groups excluding tert-OH is 1. The molecule has 182 valence electrons. The number of methoxy groups -OCH3 is 1. The number of carbonyl (C=O) groups is 1. The van der Waals surface area contributed by atoms with Crippen molar-refractivity contribution in [3.05, 3.63) is 48.9 Å². The number of ether oxygens (including phenoxy) is 2. The van der Waals surface area contributed by atoms with Crippen molar-refractivity contribution in [2.24, 2.45) is 0 Å². The van der Waals surface area contributed by atoms with Crippen molar-refractivity contribution in [3.8, 4) is 5.75 Å². The van der Waals surface area contributed by atoms with Crippen LogP contribution in [0.5, 0.6) is 5.75 Å². The Morgan fingerprint density at radius 1 is 1.35 bits per heavy atom. The summed E-state index contributed by atoms with van der Waals surface area (Å²) < 4.78 is 37.0. The number of nitrogens with two attached hydrogens (primary N) is 1. The molecule has 3 heterocycles. The summed E-state index contributed by atoms with van der Waals surface area (Å²) >= 11 is 0. The van der Waals surface area contributed by atoms with Crippen molar-refractivity contribution in [2.75, 3.05) is 19.5 Å². The van der Waals surface area contributed by atoms with Crippen molar-refractivity contribution in [2.45, 2.75) is 37.8 Å². The Morgan fingerprint density at radius 3 is 2.85 bits per heavy atom. The normalized spacial score (nSPS) is 22.9. The molecule has 4 rings (SSSR count). The highest BCUT2D eigenvalue weighted by Gasteiger charge is 2.39. The fourth-order valence-electron chi connectivity index (χ4n) is 3.61. The Labute approximate surface area is 195 Å². The van der Waals surface area contributed by atoms with Crippen LogP contribution in [-0.2, 0) is 23.4 Å². The second-order valence-corrected chi connectivity index (χ2v) is 9.42. The zero-order valence-electron chi connectivity index (χ0n) is 18.6. The van der Waals surface area contributed by atoms with Crippen LogP contribution in [0.15, 0.2) is 48.9 Å². The number of esters is 1. The first kappa shape index (κ1) is 24.1. The highest BCUT2D eigenvalue weighted by atomic mass is 31.2. The quantitative estimate of drug-likeness (QED) is 0.297. The number of benzene rings is 1. The van der Waals surface area contributed by atoms with Crippen molar-refractivity contribution >= 4 is 30.6 Å². The van der Waals surface area contributed by atoms with Crippen LogP contribution in [0.2, 0.25) is 0 Å². The number of anilines is 1. The number of hydrogen-bond donors (Lipinski definition) is 3. The predicted molar refractivity (Wildman–Crippen MR) is 122 cm³/mol. The third kappa shape index (κ3) is 5.21. The van der Waals surface area contributed by atoms with Crippen LogP contribution in [0.1, 0.15) is 19.6 Å². The van der Waals surface area contributed by atoms with E-state index < -0.39 is 38.2 Å². The molecular weight excluding hydrogens is 465 g/mol. The van der Waals surface area contributed by atoms with Gasteiger partial charge in [-0.3, -0.25) is 9.32 Å². The maximum Gasteiger partial charge on any atom is 0.459 e. The van der Waals surface area contributed by atoms with Crippen LogP contribution in [0.25, 0.3) is 11.0 Å². The first-order chi connectivity index (χ1) is 16.3. The van der Waals surface area contributed by atoms with E-state index >= 15 is 0 Å². The molecule has 1 saturated heterocycles. The lowest BCUT2D eigenvalue weighted by atomic mass is 10.2. The van der Waals surface area contributed by atoms with Crippen LogP contribution in [0.3, 0.4) is 0 Å². The molecule has 1 unspecified atom stereocenters. The van der Waals surface area contributed by atoms with Gasteiger partial charge in [0.25, 0.3) is 0 Å². The van der Waals surface area contributed by atoms with E-state index in [9.17, 15) is 14.5 Å². The van der Waals surface area contributed by atoms with Gasteiger partial charge in [-0.25, -0.2) is 14.5 Å². The van der Waals surface area contributed by atoms with Crippen LogP contribution >= 0.6 is 7.75 Å². The van der Waals surface area contributed by atoms with Gasteiger partial charge in [-0.1, -0.05) is 18.2 Å². The second kappa shape index (κ2) is 10.1. The van der Waals surface area contributed by atoms with E-state index in [1.807, 2.05) is 0 Å². The summed E-state index contributed by atoms with van der Waals surface area (Å²) in [4.78, 5) is 20.1. The van der Waals surface area contributed by atoms with Crippen molar-refractivity contribution < 1.29 is 33.0 Å². The van der Waals surface area contributed by atoms with Gasteiger partial charge in [-0.2, -0.15) is 5.09 Å². The smallest absolute Gasteiger partial charge is 0.459 e. The number of aromatic nitrogens is 3. The first-order valence-electron chi connectivity index (χ1n) is 10.5. The molecule has 1 aliphatic rings. The first-order valence-corrected chi connectivity index (χ1v) is 12.1. The molecule has 0 aliphatic carbocycles. The molecule has 1 fully saturated rings. The Morgan fingerprint density at radius 2 is 2.12 bits per heavy atom. The van der Waals surface area contributed by atoms with Crippen LogP contribution in [-0.4, -0.2) is 57.6 Å². The number of hydrogen-bond acceptors (Lipinski definition) is 10. The van der Waals surface area contributed by atoms with Crippen LogP contribution in [0, 0.1) is 0 Å². The summed E-state index contributed by atoms with van der Waals surface area (Å²) in [6.45, 7) is 1.21. The average molecular weight is 491 g/mol. The van der Waals surface area contributed by atoms with Gasteiger partial charge < -0.3 is 29.4 Å². The van der Waals surface area contributed by atoms with Gasteiger partial charge in [0.2, 0.25) is 0 Å². The van der Waals surface area contributed by atoms with Gasteiger partial charge in [0, 0.05) is 12.6 Å². The molecule has 0 bridgehead atoms. The summed E-state index contributed by atoms with van der Waals surface area (Å²) in [6.07, 6.45) is 1.07. The maximum absolute atomic E-state index is 13.5. The Kier molecular flexibility index (Phi) is 7.15. The van der Waals surface area contributed by atoms with Crippen molar-refractivity contribution in [3.63, 3.8) is 0 Å². The summed E-state index contributed by atoms with van der Waals surface area (Å²) in [7, 11) is -2.84. The molecule has 4 N–H and O–H groups in total. The van der Waals surface area contributed by atoms with E-state index in [1.54, 1.807) is 47.2 Å². The zero-order chi connectivity index (χ0) is 24.3. The molecule has 3 aromatic rings. The molecule has 13 heteroatoms. The summed E-state index contributed by atoms with van der Waals surface area (Å²) in [5, 5.41) is 13.8. The molecule has 0 radical (unpaired) electrons. The van der Waals surface area contributed by atoms with Crippen LogP contribution in [0.4, 0.5) is 5.82 Å². The van der Waals surface area contributed by atoms with Gasteiger partial charge >= 0.3 is 13.7 Å². The fourth-order valence-corrected chi connectivity index (χ4v) is 5.11. The van der Waals surface area contributed by atoms with E-state index in [1.165, 1.54) is 20.4 Å². The van der Waals surface area contributed by atoms with Gasteiger partial charge in [-0.05, 0) is 25.1 Å². The molecule has 34 heavy (non-hydrogen) atoms. The van der Waals surface area contributed by atoms with Gasteiger partial charge in [0.1, 0.15) is 41.9 Å². The molecule has 1 aliphatic heterocycles. The van der Waals surface area contributed by atoms with Gasteiger partial charge in [0.05, 0.1) is 25.2 Å². The van der Waals surface area contributed by atoms with E-state index in [4.69, 9.17) is 19.5 Å². The average Bonchev–Trinajstić information content (AvgIpc) is 3.42. The van der Waals surface area contributed by atoms with E-state index in [0.29, 0.717) is 16.9 Å². The van der Waals surface area contributed by atoms with Gasteiger partial charge in [0.15, 0.2) is 0 Å². The van der Waals surface area contributed by atoms with E-state index in [-0.39, 0.29) is 18.8 Å². The highest BCUT2D eigenvalue weighted by Crippen LogP contribution is 2.46. The minimum absolute atomic E-state index is 0.248. The third-order valence-electron chi connectivity index (χ3n) is 5.34. The second-order valence-electron chi connectivity index (χ2n) is 7.72. The van der Waals surface area contributed by atoms with Crippen molar-refractivity contribution in [1.29, 1.82) is 0 Å². The summed E-state index contributed by atoms with van der Waals surface area (Å²) in [5.41, 5.74) is 6.46. The molecule has 2 aromatic heterocycles. The van der Waals surface area contributed by atoms with E-state index in [0.717, 1.165) is 0 Å². The summed E-state index contributed by atoms with van der Waals surface area (Å²) in [5.74, 6) is -0.0253. The predicted octanol–water partition coefficient (Wildman–Crippen LogP) is 2.02. The Bertz CT molecular complexity index is 1190.